The molecule has 0 unspecified atom stereocenters. The predicted molar refractivity (Wildman–Crippen MR) is 86.1 cm³/mol. The van der Waals surface area contributed by atoms with Gasteiger partial charge in [0, 0.05) is 19.4 Å². The maximum Gasteiger partial charge on any atom is 0.302 e. The summed E-state index contributed by atoms with van der Waals surface area (Å²) >= 11 is 0. The number of nitrogens with two attached hydrogens (primary N) is 1. The third-order valence-corrected chi connectivity index (χ3v) is 2.99. The van der Waals surface area contributed by atoms with Gasteiger partial charge < -0.3 is 10.5 Å². The summed E-state index contributed by atoms with van der Waals surface area (Å²) in [5.74, 6) is 0.102. The van der Waals surface area contributed by atoms with Crippen LogP contribution in [0.1, 0.15) is 30.9 Å². The molecule has 3 heteroatoms. The van der Waals surface area contributed by atoms with Gasteiger partial charge >= 0.3 is 5.97 Å². The first-order valence-electron chi connectivity index (χ1n) is 7.12. The minimum absolute atomic E-state index is 0.211. The van der Waals surface area contributed by atoms with Crippen molar-refractivity contribution in [2.45, 2.75) is 19.8 Å². The van der Waals surface area contributed by atoms with Gasteiger partial charge in [-0.3, -0.25) is 4.79 Å². The third kappa shape index (κ3) is 6.23. The van der Waals surface area contributed by atoms with Gasteiger partial charge in [-0.1, -0.05) is 60.7 Å². The van der Waals surface area contributed by atoms with Crippen LogP contribution in [0, 0.1) is 0 Å². The van der Waals surface area contributed by atoms with Crippen molar-refractivity contribution >= 4 is 5.97 Å². The van der Waals surface area contributed by atoms with Crippen LogP contribution in [0.25, 0.3) is 0 Å². The Morgan fingerprint density at radius 3 is 1.67 bits per heavy atom. The molecule has 2 aromatic carbocycles. The molecule has 2 N–H and O–H groups in total. The van der Waals surface area contributed by atoms with E-state index in [2.05, 4.69) is 53.3 Å². The maximum absolute atomic E-state index is 9.82. The summed E-state index contributed by atoms with van der Waals surface area (Å²) in [4.78, 5) is 9.82. The zero-order valence-electron chi connectivity index (χ0n) is 12.7. The predicted octanol–water partition coefficient (Wildman–Crippen LogP) is 3.35. The molecule has 2 aromatic rings. The van der Waals surface area contributed by atoms with Crippen molar-refractivity contribution in [3.05, 3.63) is 71.8 Å². The normalized spacial score (nSPS) is 9.71. The first-order chi connectivity index (χ1) is 10.2. The van der Waals surface area contributed by atoms with Crippen molar-refractivity contribution < 1.29 is 9.53 Å². The van der Waals surface area contributed by atoms with Crippen LogP contribution in [-0.4, -0.2) is 19.1 Å². The van der Waals surface area contributed by atoms with Gasteiger partial charge in [0.05, 0.1) is 6.61 Å². The largest absolute Gasteiger partial charge is 0.466 e. The molecular weight excluding hydrogens is 262 g/mol. The molecule has 0 saturated carbocycles. The third-order valence-electron chi connectivity index (χ3n) is 2.99. The van der Waals surface area contributed by atoms with E-state index in [4.69, 9.17) is 5.73 Å². The lowest BCUT2D eigenvalue weighted by Crippen LogP contribution is -2.13. The van der Waals surface area contributed by atoms with Crippen LogP contribution >= 0.6 is 0 Å². The Morgan fingerprint density at radius 2 is 1.43 bits per heavy atom. The van der Waals surface area contributed by atoms with E-state index in [9.17, 15) is 4.79 Å². The highest BCUT2D eigenvalue weighted by molar-refractivity contribution is 5.65. The molecule has 0 aromatic heterocycles. The summed E-state index contributed by atoms with van der Waals surface area (Å²) in [6, 6.07) is 20.8. The van der Waals surface area contributed by atoms with Crippen LogP contribution in [-0.2, 0) is 9.53 Å². The molecule has 112 valence electrons. The summed E-state index contributed by atoms with van der Waals surface area (Å²) in [6.07, 6.45) is 0. The SMILES string of the molecule is CCOC(C)=O.NCC(c1ccccc1)c1ccccc1. The molecule has 0 aliphatic carbocycles. The number of benzene rings is 2. The lowest BCUT2D eigenvalue weighted by Gasteiger charge is -2.15. The Bertz CT molecular complexity index is 472. The average molecular weight is 285 g/mol. The number of rotatable bonds is 4. The van der Waals surface area contributed by atoms with E-state index in [1.165, 1.54) is 18.1 Å². The van der Waals surface area contributed by atoms with Gasteiger partial charge in [-0.15, -0.1) is 0 Å². The van der Waals surface area contributed by atoms with Gasteiger partial charge in [-0.05, 0) is 18.1 Å². The van der Waals surface area contributed by atoms with Crippen molar-refractivity contribution in [2.75, 3.05) is 13.2 Å². The quantitative estimate of drug-likeness (QED) is 0.876. The van der Waals surface area contributed by atoms with Crippen LogP contribution in [0.3, 0.4) is 0 Å². The van der Waals surface area contributed by atoms with Crippen molar-refractivity contribution in [3.8, 4) is 0 Å². The van der Waals surface area contributed by atoms with E-state index in [0.29, 0.717) is 19.1 Å². The summed E-state index contributed by atoms with van der Waals surface area (Å²) in [6.45, 7) is 4.30. The van der Waals surface area contributed by atoms with E-state index in [1.54, 1.807) is 6.92 Å². The molecule has 0 radical (unpaired) electrons. The number of esters is 1. The number of carbonyl (C=O) groups is 1. The topological polar surface area (TPSA) is 52.3 Å². The highest BCUT2D eigenvalue weighted by Gasteiger charge is 2.10. The van der Waals surface area contributed by atoms with E-state index >= 15 is 0 Å². The smallest absolute Gasteiger partial charge is 0.302 e. The number of carbonyl (C=O) groups excluding carboxylic acids is 1. The molecule has 0 heterocycles. The van der Waals surface area contributed by atoms with Crippen LogP contribution in [0.15, 0.2) is 60.7 Å². The minimum Gasteiger partial charge on any atom is -0.466 e. The molecule has 0 amide bonds. The summed E-state index contributed by atoms with van der Waals surface area (Å²) in [5, 5.41) is 0. The van der Waals surface area contributed by atoms with Gasteiger partial charge in [-0.2, -0.15) is 0 Å². The minimum atomic E-state index is -0.211. The number of hydrogen-bond donors (Lipinski definition) is 1. The molecule has 0 fully saturated rings. The Balaban J connectivity index is 0.000000315. The van der Waals surface area contributed by atoms with Gasteiger partial charge in [0.1, 0.15) is 0 Å². The van der Waals surface area contributed by atoms with Gasteiger partial charge in [0.15, 0.2) is 0 Å². The molecule has 0 saturated heterocycles. The van der Waals surface area contributed by atoms with E-state index < -0.39 is 0 Å². The van der Waals surface area contributed by atoms with E-state index in [1.807, 2.05) is 12.1 Å². The fourth-order valence-corrected chi connectivity index (χ4v) is 2.04. The zero-order chi connectivity index (χ0) is 15.5. The fourth-order valence-electron chi connectivity index (χ4n) is 2.04. The average Bonchev–Trinajstić information content (AvgIpc) is 2.51. The Hall–Kier alpha value is -2.13. The molecule has 0 spiro atoms. The maximum atomic E-state index is 9.82. The Morgan fingerprint density at radius 1 is 1.00 bits per heavy atom. The first-order valence-corrected chi connectivity index (χ1v) is 7.12. The number of hydrogen-bond acceptors (Lipinski definition) is 3. The van der Waals surface area contributed by atoms with Crippen LogP contribution in [0.2, 0.25) is 0 Å². The van der Waals surface area contributed by atoms with E-state index in [0.717, 1.165) is 0 Å². The second kappa shape index (κ2) is 9.72. The first kappa shape index (κ1) is 16.9. The highest BCUT2D eigenvalue weighted by atomic mass is 16.5. The van der Waals surface area contributed by atoms with E-state index in [-0.39, 0.29) is 5.97 Å². The highest BCUT2D eigenvalue weighted by Crippen LogP contribution is 2.22. The van der Waals surface area contributed by atoms with Crippen LogP contribution < -0.4 is 5.73 Å². The molecule has 3 nitrogen and oxygen atoms in total. The molecular formula is C18H23NO2. The monoisotopic (exact) mass is 285 g/mol. The molecule has 0 aliphatic rings. The molecule has 0 atom stereocenters. The van der Waals surface area contributed by atoms with Crippen LogP contribution in [0.5, 0.6) is 0 Å². The number of ether oxygens (including phenoxy) is 1. The van der Waals surface area contributed by atoms with Crippen molar-refractivity contribution in [1.29, 1.82) is 0 Å². The van der Waals surface area contributed by atoms with Gasteiger partial charge in [0.25, 0.3) is 0 Å². The van der Waals surface area contributed by atoms with Crippen molar-refractivity contribution in [2.24, 2.45) is 5.73 Å². The Labute approximate surface area is 126 Å². The second-order valence-corrected chi connectivity index (χ2v) is 4.53. The molecule has 21 heavy (non-hydrogen) atoms. The molecule has 2 rings (SSSR count). The summed E-state index contributed by atoms with van der Waals surface area (Å²) in [7, 11) is 0. The summed E-state index contributed by atoms with van der Waals surface area (Å²) in [5.41, 5.74) is 8.40. The lowest BCUT2D eigenvalue weighted by atomic mass is 9.92. The Kier molecular flexibility index (Phi) is 7.84. The van der Waals surface area contributed by atoms with Gasteiger partial charge in [-0.25, -0.2) is 0 Å². The summed E-state index contributed by atoms with van der Waals surface area (Å²) < 4.78 is 4.40. The van der Waals surface area contributed by atoms with Gasteiger partial charge in [0.2, 0.25) is 0 Å². The molecule has 0 bridgehead atoms. The van der Waals surface area contributed by atoms with Crippen molar-refractivity contribution in [1.82, 2.24) is 0 Å². The van der Waals surface area contributed by atoms with Crippen LogP contribution in [0.4, 0.5) is 0 Å². The second-order valence-electron chi connectivity index (χ2n) is 4.53. The zero-order valence-corrected chi connectivity index (χ0v) is 12.7. The fraction of sp³-hybridized carbons (Fsp3) is 0.278. The lowest BCUT2D eigenvalue weighted by molar-refractivity contribution is -0.140. The van der Waals surface area contributed by atoms with Crippen molar-refractivity contribution in [3.63, 3.8) is 0 Å². The molecule has 0 aliphatic heterocycles. The standard InChI is InChI=1S/C14H15N.C4H8O2/c15-11-14(12-7-3-1-4-8-12)13-9-5-2-6-10-13;1-3-6-4(2)5/h1-10,14H,11,15H2;3H2,1-2H3.